The molecule has 0 spiro atoms. The van der Waals surface area contributed by atoms with Gasteiger partial charge in [0.1, 0.15) is 29.9 Å². The molecule has 0 saturated carbocycles. The summed E-state index contributed by atoms with van der Waals surface area (Å²) in [7, 11) is 0. The topological polar surface area (TPSA) is 137 Å². The number of carbonyl (C=O) groups excluding carboxylic acids is 1. The molecule has 4 rings (SSSR count). The van der Waals surface area contributed by atoms with Gasteiger partial charge in [0.15, 0.2) is 5.82 Å². The van der Waals surface area contributed by atoms with E-state index in [9.17, 15) is 14.3 Å². The highest BCUT2D eigenvalue weighted by molar-refractivity contribution is 5.93. The average Bonchev–Trinajstić information content (AvgIpc) is 3.29. The van der Waals surface area contributed by atoms with Crippen LogP contribution in [0.15, 0.2) is 54.9 Å². The number of aliphatic hydroxyl groups is 1. The number of nitrogens with one attached hydrogen (secondary N) is 4. The van der Waals surface area contributed by atoms with Crippen LogP contribution >= 0.6 is 0 Å². The number of benzene rings is 2. The smallest absolute Gasteiger partial charge is 0.230 e. The Labute approximate surface area is 220 Å². The second kappa shape index (κ2) is 12.9. The van der Waals surface area contributed by atoms with Gasteiger partial charge in [0.2, 0.25) is 5.91 Å². The van der Waals surface area contributed by atoms with Crippen LogP contribution in [0.1, 0.15) is 32.4 Å². The first-order chi connectivity index (χ1) is 18.4. The van der Waals surface area contributed by atoms with E-state index in [1.165, 1.54) is 24.5 Å². The highest BCUT2D eigenvalue weighted by Gasteiger charge is 2.11. The van der Waals surface area contributed by atoms with Crippen LogP contribution in [-0.2, 0) is 11.2 Å². The highest BCUT2D eigenvalue weighted by atomic mass is 19.1. The Hall–Kier alpha value is -4.09. The number of halogens is 1. The molecule has 2 aromatic carbocycles. The molecule has 0 aliphatic carbocycles. The molecule has 1 unspecified atom stereocenters. The van der Waals surface area contributed by atoms with Crippen molar-refractivity contribution in [2.75, 3.05) is 23.8 Å². The fraction of sp³-hybridized carbons (Fsp3) is 0.333. The molecular weight excluding hydrogens is 489 g/mol. The van der Waals surface area contributed by atoms with E-state index in [1.54, 1.807) is 12.1 Å². The molecule has 0 aliphatic rings. The lowest BCUT2D eigenvalue weighted by atomic mass is 10.1. The van der Waals surface area contributed by atoms with Crippen molar-refractivity contribution in [1.82, 2.24) is 25.5 Å². The summed E-state index contributed by atoms with van der Waals surface area (Å²) in [6.45, 7) is 5.31. The maximum Gasteiger partial charge on any atom is 0.230 e. The van der Waals surface area contributed by atoms with Crippen LogP contribution in [0.5, 0.6) is 5.75 Å². The average molecular weight is 522 g/mol. The number of nitrogens with zero attached hydrogens (tertiary/aromatic N) is 3. The van der Waals surface area contributed by atoms with Crippen LogP contribution in [0, 0.1) is 11.7 Å². The molecule has 10 nitrogen and oxygen atoms in total. The van der Waals surface area contributed by atoms with Gasteiger partial charge in [0, 0.05) is 35.4 Å². The Balaban J connectivity index is 1.30. The quantitative estimate of drug-likeness (QED) is 0.131. The number of anilines is 3. The van der Waals surface area contributed by atoms with Crippen LogP contribution in [0.25, 0.3) is 10.9 Å². The second-order valence-corrected chi connectivity index (χ2v) is 9.34. The lowest BCUT2D eigenvalue weighted by Crippen LogP contribution is -2.31. The maximum atomic E-state index is 13.3. The fourth-order valence-corrected chi connectivity index (χ4v) is 3.87. The molecule has 1 amide bonds. The number of ether oxygens (including phenoxy) is 1. The van der Waals surface area contributed by atoms with E-state index in [0.29, 0.717) is 59.8 Å². The maximum absolute atomic E-state index is 13.3. The highest BCUT2D eigenvalue weighted by Crippen LogP contribution is 2.26. The van der Waals surface area contributed by atoms with E-state index in [4.69, 9.17) is 4.74 Å². The van der Waals surface area contributed by atoms with Crippen molar-refractivity contribution in [3.8, 4) is 5.75 Å². The summed E-state index contributed by atoms with van der Waals surface area (Å²) in [4.78, 5) is 21.0. The molecule has 11 heteroatoms. The number of aliphatic hydroxyl groups excluding tert-OH is 1. The van der Waals surface area contributed by atoms with Crippen molar-refractivity contribution < 1.29 is 19.0 Å². The molecule has 1 atom stereocenters. The van der Waals surface area contributed by atoms with Gasteiger partial charge in [0.05, 0.1) is 18.5 Å². The third-order valence-electron chi connectivity index (χ3n) is 5.61. The molecule has 0 aliphatic heterocycles. The van der Waals surface area contributed by atoms with Crippen molar-refractivity contribution >= 4 is 34.1 Å². The van der Waals surface area contributed by atoms with Gasteiger partial charge in [0.25, 0.3) is 0 Å². The van der Waals surface area contributed by atoms with E-state index < -0.39 is 12.0 Å². The SMILES string of the molecule is CC(C)CC(O)NCCCOc1ccc2c(Nc3cc(CC(=O)Nc4cccc(F)c4)[nH]n3)ncnc2c1. The Kier molecular flexibility index (Phi) is 9.17. The van der Waals surface area contributed by atoms with Crippen LogP contribution in [0.2, 0.25) is 0 Å². The minimum absolute atomic E-state index is 0.0443. The zero-order valence-corrected chi connectivity index (χ0v) is 21.4. The third-order valence-corrected chi connectivity index (χ3v) is 5.61. The number of fused-ring (bicyclic) bond motifs is 1. The van der Waals surface area contributed by atoms with E-state index in [1.807, 2.05) is 18.2 Å². The van der Waals surface area contributed by atoms with Gasteiger partial charge in [-0.2, -0.15) is 5.10 Å². The number of hydrogen-bond donors (Lipinski definition) is 5. The standard InChI is InChI=1S/C27H32FN7O3/c1-17(2)11-25(36)29-9-4-10-38-21-7-8-22-23(15-21)30-16-31-27(22)33-24-13-20(34-35-24)14-26(37)32-19-6-3-5-18(28)12-19/h3,5-8,12-13,15-17,25,29,36H,4,9-11,14H2,1-2H3,(H,32,37)(H2,30,31,33,34,35). The minimum Gasteiger partial charge on any atom is -0.493 e. The molecule has 0 bridgehead atoms. The zero-order valence-electron chi connectivity index (χ0n) is 21.4. The first kappa shape index (κ1) is 27.0. The van der Waals surface area contributed by atoms with Crippen LogP contribution in [0.3, 0.4) is 0 Å². The molecule has 0 saturated heterocycles. The van der Waals surface area contributed by atoms with Crippen molar-refractivity contribution in [1.29, 1.82) is 0 Å². The number of hydrogen-bond acceptors (Lipinski definition) is 8. The summed E-state index contributed by atoms with van der Waals surface area (Å²) in [6, 6.07) is 13.0. The van der Waals surface area contributed by atoms with Crippen molar-refractivity contribution in [3.05, 3.63) is 66.4 Å². The summed E-state index contributed by atoms with van der Waals surface area (Å²) in [5, 5.41) is 26.6. The number of aromatic amines is 1. The predicted molar refractivity (Wildman–Crippen MR) is 144 cm³/mol. The number of aromatic nitrogens is 4. The van der Waals surface area contributed by atoms with Crippen LogP contribution in [-0.4, -0.2) is 50.6 Å². The number of amides is 1. The monoisotopic (exact) mass is 521 g/mol. The van der Waals surface area contributed by atoms with Gasteiger partial charge < -0.3 is 20.5 Å². The lowest BCUT2D eigenvalue weighted by Gasteiger charge is -2.15. The molecule has 0 radical (unpaired) electrons. The first-order valence-corrected chi connectivity index (χ1v) is 12.5. The molecule has 4 aromatic rings. The van der Waals surface area contributed by atoms with E-state index in [-0.39, 0.29) is 12.3 Å². The van der Waals surface area contributed by atoms with Gasteiger partial charge in [-0.15, -0.1) is 0 Å². The van der Waals surface area contributed by atoms with Gasteiger partial charge >= 0.3 is 0 Å². The summed E-state index contributed by atoms with van der Waals surface area (Å²) >= 11 is 0. The minimum atomic E-state index is -0.499. The van der Waals surface area contributed by atoms with E-state index in [0.717, 1.165) is 11.8 Å². The number of H-pyrrole nitrogens is 1. The van der Waals surface area contributed by atoms with Crippen molar-refractivity contribution in [3.63, 3.8) is 0 Å². The molecule has 200 valence electrons. The molecule has 5 N–H and O–H groups in total. The van der Waals surface area contributed by atoms with Gasteiger partial charge in [-0.1, -0.05) is 19.9 Å². The summed E-state index contributed by atoms with van der Waals surface area (Å²) in [5.41, 5.74) is 1.68. The molecule has 2 heterocycles. The predicted octanol–water partition coefficient (Wildman–Crippen LogP) is 4.14. The first-order valence-electron chi connectivity index (χ1n) is 12.5. The fourth-order valence-electron chi connectivity index (χ4n) is 3.87. The second-order valence-electron chi connectivity index (χ2n) is 9.34. The molecule has 0 fully saturated rings. The van der Waals surface area contributed by atoms with E-state index >= 15 is 0 Å². The number of rotatable bonds is 13. The van der Waals surface area contributed by atoms with Crippen molar-refractivity contribution in [2.45, 2.75) is 39.3 Å². The van der Waals surface area contributed by atoms with Crippen LogP contribution < -0.4 is 20.7 Å². The molecule has 38 heavy (non-hydrogen) atoms. The Morgan fingerprint density at radius 1 is 1.16 bits per heavy atom. The number of carbonyl (C=O) groups is 1. The Morgan fingerprint density at radius 3 is 2.84 bits per heavy atom. The summed E-state index contributed by atoms with van der Waals surface area (Å²) < 4.78 is 19.2. The van der Waals surface area contributed by atoms with E-state index in [2.05, 4.69) is 50.0 Å². The van der Waals surface area contributed by atoms with Gasteiger partial charge in [-0.3, -0.25) is 15.2 Å². The summed E-state index contributed by atoms with van der Waals surface area (Å²) in [5.74, 6) is 1.46. The molecular formula is C27H32FN7O3. The van der Waals surface area contributed by atoms with Gasteiger partial charge in [-0.05, 0) is 49.1 Å². The lowest BCUT2D eigenvalue weighted by molar-refractivity contribution is -0.115. The van der Waals surface area contributed by atoms with Crippen LogP contribution in [0.4, 0.5) is 21.7 Å². The van der Waals surface area contributed by atoms with Gasteiger partial charge in [-0.25, -0.2) is 14.4 Å². The zero-order chi connectivity index (χ0) is 26.9. The Morgan fingerprint density at radius 2 is 2.03 bits per heavy atom. The Bertz CT molecular complexity index is 1360. The summed E-state index contributed by atoms with van der Waals surface area (Å²) in [6.07, 6.45) is 2.47. The van der Waals surface area contributed by atoms with Crippen molar-refractivity contribution in [2.24, 2.45) is 5.92 Å². The molecule has 2 aromatic heterocycles. The normalized spacial score (nSPS) is 12.0. The third kappa shape index (κ3) is 7.95. The largest absolute Gasteiger partial charge is 0.493 e.